The second-order valence-corrected chi connectivity index (χ2v) is 7.37. The Bertz CT molecular complexity index is 1200. The summed E-state index contributed by atoms with van der Waals surface area (Å²) in [4.78, 5) is 20.6. The van der Waals surface area contributed by atoms with Crippen LogP contribution in [0.25, 0.3) is 22.3 Å². The molecule has 0 fully saturated rings. The van der Waals surface area contributed by atoms with Crippen LogP contribution in [0.3, 0.4) is 0 Å². The topological polar surface area (TPSA) is 73.3 Å². The molecule has 0 saturated heterocycles. The molecule has 1 aromatic heterocycles. The lowest BCUT2D eigenvalue weighted by Gasteiger charge is -2.12. The maximum atomic E-state index is 11.2. The maximum absolute atomic E-state index is 11.2. The number of anilines is 1. The zero-order valence-electron chi connectivity index (χ0n) is 17.6. The molecule has 0 aliphatic rings. The summed E-state index contributed by atoms with van der Waals surface area (Å²) in [6.07, 6.45) is 0.111. The SMILES string of the molecule is CC(=O)Nc1ccc(Oc2nc(-c3ccc(OC(C)C)cc3)nc3ccccc23)cc1. The summed E-state index contributed by atoms with van der Waals surface area (Å²) in [6.45, 7) is 5.46. The third kappa shape index (κ3) is 4.98. The van der Waals surface area contributed by atoms with Gasteiger partial charge in [0.1, 0.15) is 11.5 Å². The molecule has 3 aromatic carbocycles. The van der Waals surface area contributed by atoms with Gasteiger partial charge in [0.15, 0.2) is 5.82 Å². The predicted octanol–water partition coefficient (Wildman–Crippen LogP) is 5.83. The van der Waals surface area contributed by atoms with Crippen molar-refractivity contribution in [2.75, 3.05) is 5.32 Å². The Kier molecular flexibility index (Phi) is 5.80. The van der Waals surface area contributed by atoms with E-state index in [1.54, 1.807) is 24.3 Å². The van der Waals surface area contributed by atoms with E-state index in [-0.39, 0.29) is 12.0 Å². The molecule has 4 rings (SSSR count). The largest absolute Gasteiger partial charge is 0.491 e. The minimum absolute atomic E-state index is 0.111. The van der Waals surface area contributed by atoms with Crippen LogP contribution in [0, 0.1) is 0 Å². The quantitative estimate of drug-likeness (QED) is 0.430. The molecule has 0 radical (unpaired) electrons. The van der Waals surface area contributed by atoms with Gasteiger partial charge in [0.25, 0.3) is 0 Å². The molecule has 1 N–H and O–H groups in total. The number of aromatic nitrogens is 2. The summed E-state index contributed by atoms with van der Waals surface area (Å²) in [5.74, 6) is 2.33. The Morgan fingerprint density at radius 3 is 2.23 bits per heavy atom. The van der Waals surface area contributed by atoms with Crippen LogP contribution in [0.1, 0.15) is 20.8 Å². The Hall–Kier alpha value is -3.93. The van der Waals surface area contributed by atoms with Gasteiger partial charge in [-0.1, -0.05) is 12.1 Å². The number of para-hydroxylation sites is 1. The van der Waals surface area contributed by atoms with Crippen LogP contribution >= 0.6 is 0 Å². The monoisotopic (exact) mass is 413 g/mol. The van der Waals surface area contributed by atoms with E-state index in [4.69, 9.17) is 14.5 Å². The highest BCUT2D eigenvalue weighted by atomic mass is 16.5. The summed E-state index contributed by atoms with van der Waals surface area (Å²) in [5, 5.41) is 3.56. The highest BCUT2D eigenvalue weighted by Crippen LogP contribution is 2.31. The molecule has 1 heterocycles. The van der Waals surface area contributed by atoms with E-state index in [1.807, 2.05) is 62.4 Å². The normalized spacial score (nSPS) is 10.8. The molecule has 31 heavy (non-hydrogen) atoms. The van der Waals surface area contributed by atoms with Crippen LogP contribution in [0.2, 0.25) is 0 Å². The highest BCUT2D eigenvalue weighted by molar-refractivity contribution is 5.88. The van der Waals surface area contributed by atoms with Crippen molar-refractivity contribution >= 4 is 22.5 Å². The van der Waals surface area contributed by atoms with Crippen LogP contribution < -0.4 is 14.8 Å². The second kappa shape index (κ2) is 8.83. The molecule has 0 atom stereocenters. The van der Waals surface area contributed by atoms with Crippen LogP contribution in [0.4, 0.5) is 5.69 Å². The predicted molar refractivity (Wildman–Crippen MR) is 122 cm³/mol. The Labute approximate surface area is 180 Å². The van der Waals surface area contributed by atoms with Crippen LogP contribution in [0.15, 0.2) is 72.8 Å². The third-order valence-corrected chi connectivity index (χ3v) is 4.44. The first-order valence-corrected chi connectivity index (χ1v) is 10.1. The smallest absolute Gasteiger partial charge is 0.230 e. The molecule has 6 heteroatoms. The average Bonchev–Trinajstić information content (AvgIpc) is 2.75. The molecule has 0 aliphatic carbocycles. The number of fused-ring (bicyclic) bond motifs is 1. The molecule has 6 nitrogen and oxygen atoms in total. The standard InChI is InChI=1S/C25H23N3O3/c1-16(2)30-20-12-8-18(9-13-20)24-27-23-7-5-4-6-22(23)25(28-24)31-21-14-10-19(11-15-21)26-17(3)29/h4-16H,1-3H3,(H,26,29). The van der Waals surface area contributed by atoms with Crippen LogP contribution in [-0.4, -0.2) is 22.0 Å². The third-order valence-electron chi connectivity index (χ3n) is 4.44. The Balaban J connectivity index is 1.67. The van der Waals surface area contributed by atoms with Crippen LogP contribution in [-0.2, 0) is 4.79 Å². The summed E-state index contributed by atoms with van der Waals surface area (Å²) in [6, 6.07) is 22.6. The van der Waals surface area contributed by atoms with Gasteiger partial charge in [0, 0.05) is 18.2 Å². The molecular formula is C25H23N3O3. The second-order valence-electron chi connectivity index (χ2n) is 7.37. The molecule has 1 amide bonds. The molecule has 0 aliphatic heterocycles. The first-order valence-electron chi connectivity index (χ1n) is 10.1. The van der Waals surface area contributed by atoms with Gasteiger partial charge >= 0.3 is 0 Å². The molecule has 0 unspecified atom stereocenters. The highest BCUT2D eigenvalue weighted by Gasteiger charge is 2.12. The van der Waals surface area contributed by atoms with E-state index in [2.05, 4.69) is 10.3 Å². The number of hydrogen-bond acceptors (Lipinski definition) is 5. The molecule has 0 spiro atoms. The fraction of sp³-hybridized carbons (Fsp3) is 0.160. The van der Waals surface area contributed by atoms with Gasteiger partial charge in [0.2, 0.25) is 11.8 Å². The number of rotatable bonds is 6. The lowest BCUT2D eigenvalue weighted by atomic mass is 10.2. The van der Waals surface area contributed by atoms with E-state index in [1.165, 1.54) is 6.92 Å². The van der Waals surface area contributed by atoms with Crippen molar-refractivity contribution in [3.05, 3.63) is 72.8 Å². The van der Waals surface area contributed by atoms with Gasteiger partial charge in [-0.3, -0.25) is 4.79 Å². The fourth-order valence-corrected chi connectivity index (χ4v) is 3.13. The molecule has 156 valence electrons. The number of carbonyl (C=O) groups excluding carboxylic acids is 1. The maximum Gasteiger partial charge on any atom is 0.230 e. The average molecular weight is 413 g/mol. The van der Waals surface area contributed by atoms with Gasteiger partial charge < -0.3 is 14.8 Å². The van der Waals surface area contributed by atoms with E-state index >= 15 is 0 Å². The fourth-order valence-electron chi connectivity index (χ4n) is 3.13. The Morgan fingerprint density at radius 2 is 1.55 bits per heavy atom. The van der Waals surface area contributed by atoms with E-state index in [0.717, 1.165) is 22.2 Å². The summed E-state index contributed by atoms with van der Waals surface area (Å²) >= 11 is 0. The van der Waals surface area contributed by atoms with Gasteiger partial charge in [-0.25, -0.2) is 4.98 Å². The lowest BCUT2D eigenvalue weighted by molar-refractivity contribution is -0.114. The molecule has 0 saturated carbocycles. The Morgan fingerprint density at radius 1 is 0.871 bits per heavy atom. The molecular weight excluding hydrogens is 390 g/mol. The zero-order chi connectivity index (χ0) is 21.8. The van der Waals surface area contributed by atoms with E-state index in [0.29, 0.717) is 23.1 Å². The van der Waals surface area contributed by atoms with Crippen molar-refractivity contribution < 1.29 is 14.3 Å². The zero-order valence-corrected chi connectivity index (χ0v) is 17.6. The van der Waals surface area contributed by atoms with Gasteiger partial charge in [-0.05, 0) is 74.5 Å². The minimum Gasteiger partial charge on any atom is -0.491 e. The lowest BCUT2D eigenvalue weighted by Crippen LogP contribution is -2.05. The molecule has 0 bridgehead atoms. The van der Waals surface area contributed by atoms with Gasteiger partial charge in [-0.2, -0.15) is 4.98 Å². The van der Waals surface area contributed by atoms with Crippen molar-refractivity contribution in [2.45, 2.75) is 26.9 Å². The first-order chi connectivity index (χ1) is 15.0. The number of carbonyl (C=O) groups is 1. The number of benzene rings is 3. The first kappa shape index (κ1) is 20.3. The minimum atomic E-state index is -0.120. The van der Waals surface area contributed by atoms with Crippen molar-refractivity contribution in [3.63, 3.8) is 0 Å². The number of hydrogen-bond donors (Lipinski definition) is 1. The summed E-state index contributed by atoms with van der Waals surface area (Å²) in [7, 11) is 0. The summed E-state index contributed by atoms with van der Waals surface area (Å²) in [5.41, 5.74) is 2.37. The van der Waals surface area contributed by atoms with E-state index in [9.17, 15) is 4.79 Å². The van der Waals surface area contributed by atoms with Crippen molar-refractivity contribution in [2.24, 2.45) is 0 Å². The number of nitrogens with zero attached hydrogens (tertiary/aromatic N) is 2. The van der Waals surface area contributed by atoms with Gasteiger partial charge in [-0.15, -0.1) is 0 Å². The van der Waals surface area contributed by atoms with Gasteiger partial charge in [0.05, 0.1) is 17.0 Å². The van der Waals surface area contributed by atoms with E-state index < -0.39 is 0 Å². The molecule has 4 aromatic rings. The summed E-state index contributed by atoms with van der Waals surface area (Å²) < 4.78 is 11.8. The number of ether oxygens (including phenoxy) is 2. The van der Waals surface area contributed by atoms with Crippen molar-refractivity contribution in [3.8, 4) is 28.8 Å². The number of nitrogens with one attached hydrogen (secondary N) is 1. The van der Waals surface area contributed by atoms with Crippen molar-refractivity contribution in [1.82, 2.24) is 9.97 Å². The van der Waals surface area contributed by atoms with Crippen LogP contribution in [0.5, 0.6) is 17.4 Å². The van der Waals surface area contributed by atoms with Crippen molar-refractivity contribution in [1.29, 1.82) is 0 Å². The number of amides is 1.